The van der Waals surface area contributed by atoms with E-state index in [0.717, 1.165) is 56.8 Å². The lowest BCUT2D eigenvalue weighted by molar-refractivity contribution is -0.170. The Hall–Kier alpha value is -3.20. The van der Waals surface area contributed by atoms with Crippen molar-refractivity contribution >= 4 is 28.3 Å². The fraction of sp³-hybridized carbons (Fsp3) is 0.464. The minimum absolute atomic E-state index is 0.0224. The predicted octanol–water partition coefficient (Wildman–Crippen LogP) is 5.90. The maximum absolute atomic E-state index is 15.4. The van der Waals surface area contributed by atoms with Gasteiger partial charge in [0.05, 0.1) is 22.5 Å². The Labute approximate surface area is 213 Å². The molecular formula is C28H31F3N4O2. The summed E-state index contributed by atoms with van der Waals surface area (Å²) >= 11 is 0. The number of nitrogens with one attached hydrogen (secondary N) is 1. The number of rotatable bonds is 5. The van der Waals surface area contributed by atoms with Crippen molar-refractivity contribution in [1.82, 2.24) is 9.97 Å². The van der Waals surface area contributed by atoms with Crippen molar-refractivity contribution in [3.8, 4) is 0 Å². The van der Waals surface area contributed by atoms with Crippen molar-refractivity contribution < 1.29 is 23.1 Å². The number of likely N-dealkylation sites (N-methyl/N-ethyl adjacent to an activating group) is 1. The molecule has 1 atom stereocenters. The SMILES string of the molecule is Cc1nc(NC(C)c2cccc(C(F)(F)C(C)(C)O)c2F)c2cc3c(cc2n1)N(C)C(=O)C31CCCC1. The van der Waals surface area contributed by atoms with Gasteiger partial charge in [0.25, 0.3) is 0 Å². The van der Waals surface area contributed by atoms with Crippen LogP contribution in [0.25, 0.3) is 10.9 Å². The first-order valence-corrected chi connectivity index (χ1v) is 12.5. The molecular weight excluding hydrogens is 481 g/mol. The molecule has 2 aliphatic rings. The van der Waals surface area contributed by atoms with Gasteiger partial charge in [-0.15, -0.1) is 0 Å². The molecule has 0 saturated heterocycles. The van der Waals surface area contributed by atoms with Gasteiger partial charge in [0.15, 0.2) is 0 Å². The van der Waals surface area contributed by atoms with Crippen molar-refractivity contribution in [1.29, 1.82) is 0 Å². The predicted molar refractivity (Wildman–Crippen MR) is 136 cm³/mol. The second-order valence-electron chi connectivity index (χ2n) is 10.9. The van der Waals surface area contributed by atoms with E-state index in [1.807, 2.05) is 12.1 Å². The zero-order chi connectivity index (χ0) is 26.9. The number of aryl methyl sites for hydroxylation is 1. The Morgan fingerprint density at radius 3 is 2.49 bits per heavy atom. The van der Waals surface area contributed by atoms with Crippen LogP contribution in [-0.4, -0.2) is 33.6 Å². The summed E-state index contributed by atoms with van der Waals surface area (Å²) in [5, 5.41) is 13.8. The Morgan fingerprint density at radius 2 is 1.84 bits per heavy atom. The average molecular weight is 513 g/mol. The number of anilines is 2. The summed E-state index contributed by atoms with van der Waals surface area (Å²) in [5.74, 6) is -3.86. The fourth-order valence-electron chi connectivity index (χ4n) is 5.80. The lowest BCUT2D eigenvalue weighted by Gasteiger charge is -2.30. The van der Waals surface area contributed by atoms with Crippen LogP contribution in [0, 0.1) is 12.7 Å². The molecule has 2 N–H and O–H groups in total. The lowest BCUT2D eigenvalue weighted by Crippen LogP contribution is -2.41. The van der Waals surface area contributed by atoms with E-state index in [4.69, 9.17) is 0 Å². The summed E-state index contributed by atoms with van der Waals surface area (Å²) in [6, 6.07) is 6.91. The normalized spacial score (nSPS) is 18.1. The molecule has 2 aromatic carbocycles. The van der Waals surface area contributed by atoms with Crippen LogP contribution in [0.15, 0.2) is 30.3 Å². The first-order chi connectivity index (χ1) is 17.3. The van der Waals surface area contributed by atoms with Crippen LogP contribution in [0.1, 0.15) is 75.0 Å². The molecule has 9 heteroatoms. The van der Waals surface area contributed by atoms with Crippen LogP contribution >= 0.6 is 0 Å². The molecule has 1 aliphatic heterocycles. The van der Waals surface area contributed by atoms with Crippen LogP contribution in [0.5, 0.6) is 0 Å². The number of benzene rings is 2. The Bertz CT molecular complexity index is 1410. The highest BCUT2D eigenvalue weighted by atomic mass is 19.3. The van der Waals surface area contributed by atoms with Crippen LogP contribution < -0.4 is 10.2 Å². The number of hydrogen-bond donors (Lipinski definition) is 2. The maximum atomic E-state index is 15.4. The molecule has 1 amide bonds. The number of amides is 1. The van der Waals surface area contributed by atoms with Gasteiger partial charge < -0.3 is 15.3 Å². The van der Waals surface area contributed by atoms with Gasteiger partial charge in [-0.05, 0) is 64.3 Å². The first kappa shape index (κ1) is 25.4. The molecule has 196 valence electrons. The standard InChI is InChI=1S/C28H31F3N4O2/c1-15(17-9-8-10-19(23(17)29)28(30,31)26(3,4)37)32-24-18-13-20-22(14-21(18)33-16(2)34-24)35(5)25(36)27(20)11-6-7-12-27/h8-10,13-15,37H,6-7,11-12H2,1-5H3,(H,32,33,34). The highest BCUT2D eigenvalue weighted by molar-refractivity contribution is 6.10. The number of carbonyl (C=O) groups excluding carboxylic acids is 1. The van der Waals surface area contributed by atoms with E-state index in [1.54, 1.807) is 25.8 Å². The molecule has 3 aromatic rings. The highest BCUT2D eigenvalue weighted by Gasteiger charge is 2.51. The van der Waals surface area contributed by atoms with Crippen molar-refractivity contribution in [2.24, 2.45) is 0 Å². The zero-order valence-electron chi connectivity index (χ0n) is 21.6. The van der Waals surface area contributed by atoms with Crippen molar-refractivity contribution in [2.75, 3.05) is 17.3 Å². The van der Waals surface area contributed by atoms with E-state index < -0.39 is 34.4 Å². The second kappa shape index (κ2) is 8.41. The van der Waals surface area contributed by atoms with Crippen LogP contribution in [0.3, 0.4) is 0 Å². The lowest BCUT2D eigenvalue weighted by atomic mass is 9.79. The van der Waals surface area contributed by atoms with Gasteiger partial charge in [-0.3, -0.25) is 4.79 Å². The van der Waals surface area contributed by atoms with Crippen molar-refractivity contribution in [2.45, 2.75) is 76.4 Å². The van der Waals surface area contributed by atoms with Crippen LogP contribution in [0.4, 0.5) is 24.7 Å². The summed E-state index contributed by atoms with van der Waals surface area (Å²) in [7, 11) is 1.79. The number of alkyl halides is 2. The Morgan fingerprint density at radius 1 is 1.16 bits per heavy atom. The number of carbonyl (C=O) groups is 1. The van der Waals surface area contributed by atoms with Gasteiger partial charge >= 0.3 is 5.92 Å². The number of fused-ring (bicyclic) bond motifs is 3. The van der Waals surface area contributed by atoms with E-state index in [-0.39, 0.29) is 11.5 Å². The van der Waals surface area contributed by atoms with E-state index >= 15 is 4.39 Å². The third-order valence-corrected chi connectivity index (χ3v) is 7.93. The Kier molecular flexibility index (Phi) is 5.78. The molecule has 2 heterocycles. The quantitative estimate of drug-likeness (QED) is 0.445. The number of aromatic nitrogens is 2. The molecule has 1 fully saturated rings. The zero-order valence-corrected chi connectivity index (χ0v) is 21.6. The topological polar surface area (TPSA) is 78.4 Å². The molecule has 1 aliphatic carbocycles. The molecule has 1 unspecified atom stereocenters. The van der Waals surface area contributed by atoms with Crippen LogP contribution in [-0.2, 0) is 16.1 Å². The molecule has 1 saturated carbocycles. The van der Waals surface area contributed by atoms with E-state index in [1.165, 1.54) is 12.1 Å². The van der Waals surface area contributed by atoms with Gasteiger partial charge in [-0.1, -0.05) is 25.0 Å². The second-order valence-corrected chi connectivity index (χ2v) is 10.9. The van der Waals surface area contributed by atoms with Crippen molar-refractivity contribution in [3.63, 3.8) is 0 Å². The minimum Gasteiger partial charge on any atom is -0.384 e. The summed E-state index contributed by atoms with van der Waals surface area (Å²) in [6.45, 7) is 5.31. The number of aliphatic hydroxyl groups is 1. The summed E-state index contributed by atoms with van der Waals surface area (Å²) in [5.41, 5.74) is -1.40. The molecule has 0 radical (unpaired) electrons. The first-order valence-electron chi connectivity index (χ1n) is 12.5. The molecule has 5 rings (SSSR count). The largest absolute Gasteiger partial charge is 0.384 e. The maximum Gasteiger partial charge on any atom is 0.303 e. The summed E-state index contributed by atoms with van der Waals surface area (Å²) in [6.07, 6.45) is 3.53. The van der Waals surface area contributed by atoms with Gasteiger partial charge in [0.1, 0.15) is 23.1 Å². The minimum atomic E-state index is -3.79. The molecule has 1 aromatic heterocycles. The van der Waals surface area contributed by atoms with Gasteiger partial charge in [0, 0.05) is 23.7 Å². The third kappa shape index (κ3) is 3.77. The number of hydrogen-bond acceptors (Lipinski definition) is 5. The smallest absolute Gasteiger partial charge is 0.303 e. The molecule has 37 heavy (non-hydrogen) atoms. The van der Waals surface area contributed by atoms with Crippen LogP contribution in [0.2, 0.25) is 0 Å². The monoisotopic (exact) mass is 512 g/mol. The van der Waals surface area contributed by atoms with Gasteiger partial charge in [0.2, 0.25) is 5.91 Å². The summed E-state index contributed by atoms with van der Waals surface area (Å²) < 4.78 is 45.1. The average Bonchev–Trinajstić information content (AvgIpc) is 3.38. The third-order valence-electron chi connectivity index (χ3n) is 7.93. The van der Waals surface area contributed by atoms with E-state index in [0.29, 0.717) is 22.5 Å². The molecule has 6 nitrogen and oxygen atoms in total. The fourth-order valence-corrected chi connectivity index (χ4v) is 5.80. The number of nitrogens with zero attached hydrogens (tertiary/aromatic N) is 3. The number of halogens is 3. The molecule has 0 bridgehead atoms. The van der Waals surface area contributed by atoms with E-state index in [9.17, 15) is 18.7 Å². The van der Waals surface area contributed by atoms with Crippen molar-refractivity contribution in [3.05, 3.63) is 58.7 Å². The Balaban J connectivity index is 1.58. The summed E-state index contributed by atoms with van der Waals surface area (Å²) in [4.78, 5) is 24.1. The molecule has 1 spiro atoms. The van der Waals surface area contributed by atoms with Gasteiger partial charge in [-0.25, -0.2) is 14.4 Å². The highest BCUT2D eigenvalue weighted by Crippen LogP contribution is 2.52. The van der Waals surface area contributed by atoms with Gasteiger partial charge in [-0.2, -0.15) is 8.78 Å². The van der Waals surface area contributed by atoms with E-state index in [2.05, 4.69) is 15.3 Å².